The van der Waals surface area contributed by atoms with Gasteiger partial charge in [-0.15, -0.1) is 0 Å². The van der Waals surface area contributed by atoms with E-state index < -0.39 is 4.92 Å². The lowest BCUT2D eigenvalue weighted by molar-refractivity contribution is -0.385. The third-order valence-electron chi connectivity index (χ3n) is 2.00. The summed E-state index contributed by atoms with van der Waals surface area (Å²) in [5.74, 6) is 0. The summed E-state index contributed by atoms with van der Waals surface area (Å²) in [5, 5.41) is 13.4. The van der Waals surface area contributed by atoms with E-state index in [0.717, 1.165) is 13.0 Å². The Morgan fingerprint density at radius 3 is 2.87 bits per heavy atom. The van der Waals surface area contributed by atoms with Crippen LogP contribution < -0.4 is 10.9 Å². The molecule has 1 aromatic rings. The molecule has 6 heteroatoms. The number of hydrogen-bond donors (Lipinski definition) is 1. The van der Waals surface area contributed by atoms with Crippen molar-refractivity contribution < 1.29 is 4.92 Å². The Labute approximate surface area is 86.7 Å². The third-order valence-corrected chi connectivity index (χ3v) is 2.00. The summed E-state index contributed by atoms with van der Waals surface area (Å²) < 4.78 is 1.36. The zero-order valence-corrected chi connectivity index (χ0v) is 8.47. The highest BCUT2D eigenvalue weighted by Gasteiger charge is 2.06. The maximum absolute atomic E-state index is 11.3. The van der Waals surface area contributed by atoms with Gasteiger partial charge in [-0.1, -0.05) is 0 Å². The largest absolute Gasteiger partial charge is 0.320 e. The van der Waals surface area contributed by atoms with E-state index in [9.17, 15) is 14.9 Å². The minimum atomic E-state index is -0.506. The minimum absolute atomic E-state index is 0.0564. The van der Waals surface area contributed by atoms with Gasteiger partial charge in [0.15, 0.2) is 0 Å². The first kappa shape index (κ1) is 11.4. The standard InChI is InChI=1S/C9H13N3O3/c1-10-5-2-6-11-7-8(12(14)15)3-4-9(11)13/h3-4,7,10H,2,5-6H2,1H3. The predicted octanol–water partition coefficient (Wildman–Crippen LogP) is 0.366. The highest BCUT2D eigenvalue weighted by Crippen LogP contribution is 2.06. The second-order valence-corrected chi connectivity index (χ2v) is 3.13. The monoisotopic (exact) mass is 211 g/mol. The SMILES string of the molecule is CNCCCn1cc([N+](=O)[O-])ccc1=O. The molecule has 0 aliphatic rings. The molecule has 0 amide bonds. The van der Waals surface area contributed by atoms with Gasteiger partial charge in [-0.2, -0.15) is 0 Å². The second kappa shape index (κ2) is 5.26. The van der Waals surface area contributed by atoms with Crippen molar-refractivity contribution in [2.24, 2.45) is 0 Å². The average molecular weight is 211 g/mol. The molecule has 0 unspecified atom stereocenters. The van der Waals surface area contributed by atoms with Gasteiger partial charge < -0.3 is 9.88 Å². The lowest BCUT2D eigenvalue weighted by Gasteiger charge is -2.04. The molecule has 1 rings (SSSR count). The van der Waals surface area contributed by atoms with E-state index in [2.05, 4.69) is 5.32 Å². The van der Waals surface area contributed by atoms with Crippen LogP contribution in [0.4, 0.5) is 5.69 Å². The number of aryl methyl sites for hydroxylation is 1. The smallest absolute Gasteiger partial charge is 0.285 e. The van der Waals surface area contributed by atoms with Crippen molar-refractivity contribution in [1.29, 1.82) is 0 Å². The average Bonchev–Trinajstić information content (AvgIpc) is 2.20. The lowest BCUT2D eigenvalue weighted by atomic mass is 10.3. The molecule has 0 aliphatic carbocycles. The van der Waals surface area contributed by atoms with Gasteiger partial charge in [0, 0.05) is 18.7 Å². The molecule has 0 radical (unpaired) electrons. The summed E-state index contributed by atoms with van der Waals surface area (Å²) >= 11 is 0. The molecule has 0 aromatic carbocycles. The first-order valence-electron chi connectivity index (χ1n) is 4.64. The topological polar surface area (TPSA) is 77.2 Å². The summed E-state index contributed by atoms with van der Waals surface area (Å²) in [7, 11) is 1.82. The summed E-state index contributed by atoms with van der Waals surface area (Å²) in [6.07, 6.45) is 2.04. The Hall–Kier alpha value is -1.69. The van der Waals surface area contributed by atoms with Gasteiger partial charge in [0.1, 0.15) is 0 Å². The summed E-state index contributed by atoms with van der Waals surface area (Å²) in [4.78, 5) is 21.3. The van der Waals surface area contributed by atoms with Crippen LogP contribution >= 0.6 is 0 Å². The van der Waals surface area contributed by atoms with Crippen molar-refractivity contribution in [3.05, 3.63) is 38.8 Å². The fourth-order valence-electron chi connectivity index (χ4n) is 1.23. The molecule has 0 saturated heterocycles. The van der Waals surface area contributed by atoms with Crippen molar-refractivity contribution in [3.63, 3.8) is 0 Å². The van der Waals surface area contributed by atoms with E-state index >= 15 is 0 Å². The quantitative estimate of drug-likeness (QED) is 0.433. The Kier molecular flexibility index (Phi) is 3.99. The van der Waals surface area contributed by atoms with Crippen LogP contribution in [0, 0.1) is 10.1 Å². The summed E-state index contributed by atoms with van der Waals surface area (Å²) in [6, 6.07) is 2.44. The van der Waals surface area contributed by atoms with E-state index in [-0.39, 0.29) is 11.2 Å². The number of nitrogens with one attached hydrogen (secondary N) is 1. The van der Waals surface area contributed by atoms with Crippen molar-refractivity contribution in [2.75, 3.05) is 13.6 Å². The second-order valence-electron chi connectivity index (χ2n) is 3.13. The molecule has 0 fully saturated rings. The molecule has 0 aliphatic heterocycles. The van der Waals surface area contributed by atoms with E-state index in [4.69, 9.17) is 0 Å². The van der Waals surface area contributed by atoms with Gasteiger partial charge in [-0.05, 0) is 20.0 Å². The summed E-state index contributed by atoms with van der Waals surface area (Å²) in [5.41, 5.74) is -0.268. The molecule has 6 nitrogen and oxygen atoms in total. The van der Waals surface area contributed by atoms with Crippen LogP contribution in [0.15, 0.2) is 23.1 Å². The Balaban J connectivity index is 2.81. The zero-order chi connectivity index (χ0) is 11.3. The van der Waals surface area contributed by atoms with Gasteiger partial charge in [0.2, 0.25) is 0 Å². The number of rotatable bonds is 5. The number of aromatic nitrogens is 1. The first-order chi connectivity index (χ1) is 7.15. The number of hydrogen-bond acceptors (Lipinski definition) is 4. The molecule has 82 valence electrons. The Bertz CT molecular complexity index is 400. The molecule has 0 bridgehead atoms. The van der Waals surface area contributed by atoms with Crippen LogP contribution in [0.2, 0.25) is 0 Å². The first-order valence-corrected chi connectivity index (χ1v) is 4.64. The van der Waals surface area contributed by atoms with Gasteiger partial charge >= 0.3 is 0 Å². The van der Waals surface area contributed by atoms with E-state index in [0.29, 0.717) is 6.54 Å². The zero-order valence-electron chi connectivity index (χ0n) is 8.47. The van der Waals surface area contributed by atoms with Crippen LogP contribution in [0.5, 0.6) is 0 Å². The number of nitrogens with zero attached hydrogens (tertiary/aromatic N) is 2. The maximum atomic E-state index is 11.3. The molecular formula is C9H13N3O3. The van der Waals surface area contributed by atoms with Crippen molar-refractivity contribution in [1.82, 2.24) is 9.88 Å². The predicted molar refractivity (Wildman–Crippen MR) is 55.9 cm³/mol. The molecule has 0 saturated carbocycles. The molecule has 0 spiro atoms. The molecule has 1 heterocycles. The molecule has 1 N–H and O–H groups in total. The van der Waals surface area contributed by atoms with Crippen LogP contribution in [0.25, 0.3) is 0 Å². The van der Waals surface area contributed by atoms with E-state index in [1.54, 1.807) is 0 Å². The number of pyridine rings is 1. The van der Waals surface area contributed by atoms with E-state index in [1.807, 2.05) is 7.05 Å². The maximum Gasteiger partial charge on any atom is 0.285 e. The molecule has 15 heavy (non-hydrogen) atoms. The fraction of sp³-hybridized carbons (Fsp3) is 0.444. The van der Waals surface area contributed by atoms with Crippen LogP contribution in [0.3, 0.4) is 0 Å². The highest BCUT2D eigenvalue weighted by molar-refractivity contribution is 5.24. The molecular weight excluding hydrogens is 198 g/mol. The minimum Gasteiger partial charge on any atom is -0.320 e. The third kappa shape index (κ3) is 3.17. The Morgan fingerprint density at radius 2 is 2.27 bits per heavy atom. The Morgan fingerprint density at radius 1 is 1.53 bits per heavy atom. The van der Waals surface area contributed by atoms with Crippen LogP contribution in [0.1, 0.15) is 6.42 Å². The van der Waals surface area contributed by atoms with Crippen LogP contribution in [-0.4, -0.2) is 23.1 Å². The highest BCUT2D eigenvalue weighted by atomic mass is 16.6. The lowest BCUT2D eigenvalue weighted by Crippen LogP contribution is -2.21. The van der Waals surface area contributed by atoms with Crippen LogP contribution in [-0.2, 0) is 6.54 Å². The fourth-order valence-corrected chi connectivity index (χ4v) is 1.23. The van der Waals surface area contributed by atoms with Gasteiger partial charge in [-0.25, -0.2) is 0 Å². The van der Waals surface area contributed by atoms with Crippen molar-refractivity contribution in [2.45, 2.75) is 13.0 Å². The van der Waals surface area contributed by atoms with Crippen molar-refractivity contribution >= 4 is 5.69 Å². The van der Waals surface area contributed by atoms with Crippen molar-refractivity contribution in [3.8, 4) is 0 Å². The summed E-state index contributed by atoms with van der Waals surface area (Å²) in [6.45, 7) is 1.26. The number of nitro groups is 1. The molecule has 1 aromatic heterocycles. The molecule has 0 atom stereocenters. The van der Waals surface area contributed by atoms with Gasteiger partial charge in [0.25, 0.3) is 11.2 Å². The van der Waals surface area contributed by atoms with Gasteiger partial charge in [0.05, 0.1) is 11.1 Å². The van der Waals surface area contributed by atoms with E-state index in [1.165, 1.54) is 22.9 Å². The normalized spacial score (nSPS) is 10.2. The van der Waals surface area contributed by atoms with Gasteiger partial charge in [-0.3, -0.25) is 14.9 Å².